The molecule has 2 rings (SSSR count). The van der Waals surface area contributed by atoms with Crippen molar-refractivity contribution < 1.29 is 4.39 Å². The molecule has 1 aromatic carbocycles. The Morgan fingerprint density at radius 3 is 2.83 bits per heavy atom. The number of nitrogens with two attached hydrogens (primary N) is 1. The zero-order valence-electron chi connectivity index (χ0n) is 10.2. The van der Waals surface area contributed by atoms with E-state index in [1.807, 2.05) is 19.9 Å². The highest BCUT2D eigenvalue weighted by molar-refractivity contribution is 8.01. The molecule has 2 aromatic rings. The van der Waals surface area contributed by atoms with Gasteiger partial charge in [-0.2, -0.15) is 4.37 Å². The predicted octanol–water partition coefficient (Wildman–Crippen LogP) is 3.41. The molecule has 2 N–H and O–H groups in total. The SMILES string of the molecule is CCc1nsc(Sc2ccc([C@@H](C)N)cc2F)n1. The van der Waals surface area contributed by atoms with Gasteiger partial charge in [-0.25, -0.2) is 9.37 Å². The van der Waals surface area contributed by atoms with Crippen molar-refractivity contribution in [3.8, 4) is 0 Å². The van der Waals surface area contributed by atoms with Crippen LogP contribution in [0.2, 0.25) is 0 Å². The number of aromatic nitrogens is 2. The monoisotopic (exact) mass is 283 g/mol. The highest BCUT2D eigenvalue weighted by Crippen LogP contribution is 2.32. The van der Waals surface area contributed by atoms with Crippen LogP contribution in [0.5, 0.6) is 0 Å². The lowest BCUT2D eigenvalue weighted by Crippen LogP contribution is -2.05. The lowest BCUT2D eigenvalue weighted by atomic mass is 10.1. The van der Waals surface area contributed by atoms with E-state index in [9.17, 15) is 4.39 Å². The molecule has 0 amide bonds. The Hall–Kier alpha value is -0.980. The normalized spacial score (nSPS) is 12.7. The molecule has 0 bridgehead atoms. The largest absolute Gasteiger partial charge is 0.324 e. The first-order valence-corrected chi connectivity index (χ1v) is 7.24. The predicted molar refractivity (Wildman–Crippen MR) is 72.4 cm³/mol. The van der Waals surface area contributed by atoms with Crippen molar-refractivity contribution in [2.24, 2.45) is 5.73 Å². The van der Waals surface area contributed by atoms with E-state index in [0.29, 0.717) is 4.90 Å². The Kier molecular flexibility index (Phi) is 4.31. The summed E-state index contributed by atoms with van der Waals surface area (Å²) in [5, 5.41) is 0. The van der Waals surface area contributed by atoms with Gasteiger partial charge in [0.15, 0.2) is 4.34 Å². The number of hydrogen-bond acceptors (Lipinski definition) is 5. The Morgan fingerprint density at radius 1 is 1.50 bits per heavy atom. The van der Waals surface area contributed by atoms with Crippen LogP contribution in [-0.4, -0.2) is 9.36 Å². The molecule has 0 aliphatic carbocycles. The van der Waals surface area contributed by atoms with Crippen molar-refractivity contribution in [3.05, 3.63) is 35.4 Å². The number of rotatable bonds is 4. The summed E-state index contributed by atoms with van der Waals surface area (Å²) in [7, 11) is 0. The number of benzene rings is 1. The maximum atomic E-state index is 13.9. The van der Waals surface area contributed by atoms with Gasteiger partial charge in [0, 0.05) is 12.5 Å². The third kappa shape index (κ3) is 3.07. The van der Waals surface area contributed by atoms with Crippen LogP contribution in [0.3, 0.4) is 0 Å². The van der Waals surface area contributed by atoms with Crippen LogP contribution in [0.1, 0.15) is 31.3 Å². The minimum atomic E-state index is -0.261. The van der Waals surface area contributed by atoms with Gasteiger partial charge in [0.1, 0.15) is 11.6 Å². The molecule has 1 aromatic heterocycles. The molecule has 0 radical (unpaired) electrons. The fraction of sp³-hybridized carbons (Fsp3) is 0.333. The molecule has 96 valence electrons. The average Bonchev–Trinajstić information content (AvgIpc) is 2.79. The molecule has 0 unspecified atom stereocenters. The fourth-order valence-corrected chi connectivity index (χ4v) is 3.06. The zero-order chi connectivity index (χ0) is 13.1. The van der Waals surface area contributed by atoms with Gasteiger partial charge >= 0.3 is 0 Å². The van der Waals surface area contributed by atoms with E-state index >= 15 is 0 Å². The van der Waals surface area contributed by atoms with E-state index in [1.54, 1.807) is 6.07 Å². The van der Waals surface area contributed by atoms with Crippen LogP contribution in [0.4, 0.5) is 4.39 Å². The molecule has 0 saturated carbocycles. The van der Waals surface area contributed by atoms with Gasteiger partial charge in [0.05, 0.1) is 4.90 Å². The van der Waals surface area contributed by atoms with E-state index in [4.69, 9.17) is 5.73 Å². The molecule has 18 heavy (non-hydrogen) atoms. The van der Waals surface area contributed by atoms with Crippen LogP contribution in [0, 0.1) is 5.82 Å². The Balaban J connectivity index is 2.19. The van der Waals surface area contributed by atoms with Crippen molar-refractivity contribution in [1.82, 2.24) is 9.36 Å². The number of nitrogens with zero attached hydrogens (tertiary/aromatic N) is 2. The molecule has 3 nitrogen and oxygen atoms in total. The average molecular weight is 283 g/mol. The maximum Gasteiger partial charge on any atom is 0.174 e. The summed E-state index contributed by atoms with van der Waals surface area (Å²) in [4.78, 5) is 4.86. The summed E-state index contributed by atoms with van der Waals surface area (Å²) >= 11 is 2.60. The molecular weight excluding hydrogens is 269 g/mol. The second kappa shape index (κ2) is 5.77. The molecule has 0 fully saturated rings. The standard InChI is InChI=1S/C12H14FN3S2/c1-3-11-15-12(18-16-11)17-10-5-4-8(7(2)14)6-9(10)13/h4-7H,3,14H2,1-2H3/t7-/m1/s1. The van der Waals surface area contributed by atoms with Crippen LogP contribution in [0.25, 0.3) is 0 Å². The summed E-state index contributed by atoms with van der Waals surface area (Å²) < 4.78 is 18.8. The lowest BCUT2D eigenvalue weighted by Gasteiger charge is -2.07. The van der Waals surface area contributed by atoms with Gasteiger partial charge in [-0.05, 0) is 36.2 Å². The van der Waals surface area contributed by atoms with Gasteiger partial charge in [-0.1, -0.05) is 24.8 Å². The van der Waals surface area contributed by atoms with E-state index in [2.05, 4.69) is 9.36 Å². The van der Waals surface area contributed by atoms with Gasteiger partial charge in [-0.15, -0.1) is 0 Å². The third-order valence-corrected chi connectivity index (χ3v) is 4.28. The van der Waals surface area contributed by atoms with Gasteiger partial charge in [0.25, 0.3) is 0 Å². The van der Waals surface area contributed by atoms with Crippen molar-refractivity contribution in [2.75, 3.05) is 0 Å². The van der Waals surface area contributed by atoms with Crippen molar-refractivity contribution in [1.29, 1.82) is 0 Å². The summed E-state index contributed by atoms with van der Waals surface area (Å²) in [6.07, 6.45) is 0.795. The quantitative estimate of drug-likeness (QED) is 0.934. The highest BCUT2D eigenvalue weighted by Gasteiger charge is 2.10. The van der Waals surface area contributed by atoms with Crippen LogP contribution in [0.15, 0.2) is 27.4 Å². The number of halogens is 1. The van der Waals surface area contributed by atoms with E-state index in [-0.39, 0.29) is 11.9 Å². The van der Waals surface area contributed by atoms with Crippen LogP contribution in [-0.2, 0) is 6.42 Å². The second-order valence-electron chi connectivity index (χ2n) is 3.91. The highest BCUT2D eigenvalue weighted by atomic mass is 32.2. The Bertz CT molecular complexity index is 540. The van der Waals surface area contributed by atoms with Gasteiger partial charge in [0.2, 0.25) is 0 Å². The number of hydrogen-bond donors (Lipinski definition) is 1. The molecule has 1 heterocycles. The first-order valence-electron chi connectivity index (χ1n) is 5.65. The van der Waals surface area contributed by atoms with Crippen molar-refractivity contribution in [3.63, 3.8) is 0 Å². The summed E-state index contributed by atoms with van der Waals surface area (Å²) in [5.74, 6) is 0.540. The third-order valence-electron chi connectivity index (χ3n) is 2.44. The van der Waals surface area contributed by atoms with E-state index in [1.165, 1.54) is 29.4 Å². The first-order chi connectivity index (χ1) is 8.60. The van der Waals surface area contributed by atoms with Crippen LogP contribution < -0.4 is 5.73 Å². The first kappa shape index (κ1) is 13.5. The minimum absolute atomic E-state index is 0.160. The summed E-state index contributed by atoms with van der Waals surface area (Å²) in [6.45, 7) is 3.83. The Labute approximate surface area is 114 Å². The van der Waals surface area contributed by atoms with E-state index < -0.39 is 0 Å². The van der Waals surface area contributed by atoms with Gasteiger partial charge in [-0.3, -0.25) is 0 Å². The summed E-state index contributed by atoms with van der Waals surface area (Å²) in [6, 6.07) is 4.91. The zero-order valence-corrected chi connectivity index (χ0v) is 11.8. The molecule has 1 atom stereocenters. The Morgan fingerprint density at radius 2 is 2.28 bits per heavy atom. The maximum absolute atomic E-state index is 13.9. The molecular formula is C12H14FN3S2. The van der Waals surface area contributed by atoms with E-state index in [0.717, 1.165) is 22.1 Å². The van der Waals surface area contributed by atoms with Gasteiger partial charge < -0.3 is 5.73 Å². The minimum Gasteiger partial charge on any atom is -0.324 e. The molecule has 0 spiro atoms. The molecule has 0 aliphatic heterocycles. The number of aryl methyl sites for hydroxylation is 1. The lowest BCUT2D eigenvalue weighted by molar-refractivity contribution is 0.596. The second-order valence-corrected chi connectivity index (χ2v) is 5.95. The molecule has 6 heteroatoms. The molecule has 0 aliphatic rings. The topological polar surface area (TPSA) is 51.8 Å². The van der Waals surface area contributed by atoms with Crippen LogP contribution >= 0.6 is 23.3 Å². The molecule has 0 saturated heterocycles. The van der Waals surface area contributed by atoms with Crippen molar-refractivity contribution in [2.45, 2.75) is 35.5 Å². The fourth-order valence-electron chi connectivity index (χ4n) is 1.40. The summed E-state index contributed by atoms with van der Waals surface area (Å²) in [5.41, 5.74) is 6.51. The smallest absolute Gasteiger partial charge is 0.174 e. The van der Waals surface area contributed by atoms with Crippen molar-refractivity contribution >= 4 is 23.3 Å².